The Morgan fingerprint density at radius 3 is 2.86 bits per heavy atom. The maximum Gasteiger partial charge on any atom is 0.325 e. The molecule has 0 heterocycles. The molecule has 0 atom stereocenters. The molecular weight excluding hydrogens is 180 g/mol. The van der Waals surface area contributed by atoms with Crippen molar-refractivity contribution in [1.29, 1.82) is 0 Å². The smallest absolute Gasteiger partial charge is 0.325 e. The van der Waals surface area contributed by atoms with E-state index >= 15 is 0 Å². The lowest BCUT2D eigenvalue weighted by Gasteiger charge is -2.07. The Kier molecular flexibility index (Phi) is 3.34. The average Bonchev–Trinajstić information content (AvgIpc) is 2.19. The quantitative estimate of drug-likeness (QED) is 0.560. The first-order chi connectivity index (χ1) is 6.63. The third kappa shape index (κ3) is 2.65. The number of nitrogens with one attached hydrogen (secondary N) is 1. The van der Waals surface area contributed by atoms with Crippen molar-refractivity contribution < 1.29 is 9.53 Å². The van der Waals surface area contributed by atoms with Crippen molar-refractivity contribution in [3.63, 3.8) is 0 Å². The minimum Gasteiger partial charge on any atom is -0.468 e. The summed E-state index contributed by atoms with van der Waals surface area (Å²) in [5, 5.41) is 2.93. The number of rotatable bonds is 3. The van der Waals surface area contributed by atoms with E-state index in [1.54, 1.807) is 6.07 Å². The van der Waals surface area contributed by atoms with Crippen LogP contribution in [0.3, 0.4) is 0 Å². The van der Waals surface area contributed by atoms with Crippen LogP contribution in [0.2, 0.25) is 0 Å². The van der Waals surface area contributed by atoms with Gasteiger partial charge in [0, 0.05) is 11.4 Å². The molecule has 0 radical (unpaired) electrons. The topological polar surface area (TPSA) is 64.3 Å². The molecular formula is C10H14N2O2. The monoisotopic (exact) mass is 194 g/mol. The van der Waals surface area contributed by atoms with Gasteiger partial charge in [-0.15, -0.1) is 0 Å². The summed E-state index contributed by atoms with van der Waals surface area (Å²) in [6, 6.07) is 5.51. The van der Waals surface area contributed by atoms with Gasteiger partial charge in [0.25, 0.3) is 0 Å². The molecule has 4 nitrogen and oxygen atoms in total. The molecule has 1 aromatic carbocycles. The Hall–Kier alpha value is -1.71. The average molecular weight is 194 g/mol. The molecule has 3 N–H and O–H groups in total. The van der Waals surface area contributed by atoms with Gasteiger partial charge in [-0.05, 0) is 30.7 Å². The molecule has 0 spiro atoms. The van der Waals surface area contributed by atoms with Gasteiger partial charge in [0.05, 0.1) is 7.11 Å². The van der Waals surface area contributed by atoms with Crippen molar-refractivity contribution in [2.24, 2.45) is 0 Å². The van der Waals surface area contributed by atoms with Crippen molar-refractivity contribution in [3.05, 3.63) is 23.8 Å². The Morgan fingerprint density at radius 1 is 1.57 bits per heavy atom. The Balaban J connectivity index is 2.60. The standard InChI is InChI=1S/C10H14N2O2/c1-7-5-8(3-4-9(7)11)12-6-10(13)14-2/h3-5,12H,6,11H2,1-2H3. The van der Waals surface area contributed by atoms with E-state index in [0.717, 1.165) is 16.9 Å². The highest BCUT2D eigenvalue weighted by Gasteiger charge is 2.00. The van der Waals surface area contributed by atoms with Crippen molar-refractivity contribution in [3.8, 4) is 0 Å². The van der Waals surface area contributed by atoms with Gasteiger partial charge >= 0.3 is 5.97 Å². The predicted octanol–water partition coefficient (Wildman–Crippen LogP) is 1.16. The van der Waals surface area contributed by atoms with Crippen molar-refractivity contribution in [2.75, 3.05) is 24.7 Å². The number of hydrogen-bond acceptors (Lipinski definition) is 4. The number of hydrogen-bond donors (Lipinski definition) is 2. The van der Waals surface area contributed by atoms with Crippen LogP contribution in [0.15, 0.2) is 18.2 Å². The molecule has 0 aliphatic rings. The summed E-state index contributed by atoms with van der Waals surface area (Å²) in [6.45, 7) is 2.08. The highest BCUT2D eigenvalue weighted by atomic mass is 16.5. The Labute approximate surface area is 83.1 Å². The van der Waals surface area contributed by atoms with Gasteiger partial charge in [0.2, 0.25) is 0 Å². The first-order valence-electron chi connectivity index (χ1n) is 4.30. The van der Waals surface area contributed by atoms with E-state index in [4.69, 9.17) is 5.73 Å². The molecule has 76 valence electrons. The third-order valence-corrected chi connectivity index (χ3v) is 1.93. The van der Waals surface area contributed by atoms with Crippen LogP contribution in [-0.4, -0.2) is 19.6 Å². The van der Waals surface area contributed by atoms with Crippen LogP contribution < -0.4 is 11.1 Å². The molecule has 0 aliphatic heterocycles. The maximum absolute atomic E-state index is 10.8. The molecule has 1 rings (SSSR count). The number of ether oxygens (including phenoxy) is 1. The van der Waals surface area contributed by atoms with E-state index in [-0.39, 0.29) is 12.5 Å². The second kappa shape index (κ2) is 4.50. The molecule has 0 aliphatic carbocycles. The van der Waals surface area contributed by atoms with E-state index in [1.165, 1.54) is 7.11 Å². The lowest BCUT2D eigenvalue weighted by Crippen LogP contribution is -2.14. The molecule has 0 amide bonds. The zero-order valence-electron chi connectivity index (χ0n) is 8.33. The number of esters is 1. The molecule has 14 heavy (non-hydrogen) atoms. The summed E-state index contributed by atoms with van der Waals surface area (Å²) in [5.74, 6) is -0.292. The van der Waals surface area contributed by atoms with Crippen LogP contribution in [0.4, 0.5) is 11.4 Å². The molecule has 0 saturated carbocycles. The molecule has 4 heteroatoms. The number of nitrogen functional groups attached to an aromatic ring is 1. The largest absolute Gasteiger partial charge is 0.468 e. The number of carbonyl (C=O) groups excluding carboxylic acids is 1. The number of anilines is 2. The van der Waals surface area contributed by atoms with Gasteiger partial charge in [-0.25, -0.2) is 0 Å². The molecule has 1 aromatic rings. The van der Waals surface area contributed by atoms with Crippen molar-refractivity contribution in [1.82, 2.24) is 0 Å². The van der Waals surface area contributed by atoms with E-state index in [9.17, 15) is 4.79 Å². The number of benzene rings is 1. The zero-order valence-corrected chi connectivity index (χ0v) is 8.33. The zero-order chi connectivity index (χ0) is 10.6. The third-order valence-electron chi connectivity index (χ3n) is 1.93. The van der Waals surface area contributed by atoms with Gasteiger partial charge in [-0.1, -0.05) is 0 Å². The number of nitrogens with two attached hydrogens (primary N) is 1. The Bertz CT molecular complexity index is 337. The minimum absolute atomic E-state index is 0.167. The summed E-state index contributed by atoms with van der Waals surface area (Å²) < 4.78 is 4.50. The van der Waals surface area contributed by atoms with Crippen LogP contribution in [0, 0.1) is 6.92 Å². The minimum atomic E-state index is -0.292. The number of aryl methyl sites for hydroxylation is 1. The van der Waals surface area contributed by atoms with Gasteiger partial charge in [0.1, 0.15) is 6.54 Å². The lowest BCUT2D eigenvalue weighted by molar-refractivity contribution is -0.138. The molecule has 0 fully saturated rings. The highest BCUT2D eigenvalue weighted by Crippen LogP contribution is 2.16. The molecule has 0 unspecified atom stereocenters. The van der Waals surface area contributed by atoms with Crippen LogP contribution >= 0.6 is 0 Å². The van der Waals surface area contributed by atoms with E-state index in [2.05, 4.69) is 10.1 Å². The van der Waals surface area contributed by atoms with Crippen molar-refractivity contribution >= 4 is 17.3 Å². The van der Waals surface area contributed by atoms with Gasteiger partial charge in [-0.3, -0.25) is 4.79 Å². The molecule has 0 bridgehead atoms. The molecule has 0 saturated heterocycles. The number of carbonyl (C=O) groups is 1. The second-order valence-electron chi connectivity index (χ2n) is 3.00. The first-order valence-corrected chi connectivity index (χ1v) is 4.30. The predicted molar refractivity (Wildman–Crippen MR) is 56.1 cm³/mol. The fourth-order valence-electron chi connectivity index (χ4n) is 1.03. The normalized spacial score (nSPS) is 9.57. The summed E-state index contributed by atoms with van der Waals surface area (Å²) in [4.78, 5) is 10.8. The van der Waals surface area contributed by atoms with Crippen LogP contribution in [-0.2, 0) is 9.53 Å². The van der Waals surface area contributed by atoms with Crippen LogP contribution in [0.5, 0.6) is 0 Å². The van der Waals surface area contributed by atoms with Crippen molar-refractivity contribution in [2.45, 2.75) is 6.92 Å². The van der Waals surface area contributed by atoms with E-state index in [0.29, 0.717) is 0 Å². The number of methoxy groups -OCH3 is 1. The fraction of sp³-hybridized carbons (Fsp3) is 0.300. The summed E-state index contributed by atoms with van der Waals surface area (Å²) in [7, 11) is 1.36. The molecule has 0 aromatic heterocycles. The van der Waals surface area contributed by atoms with Crippen LogP contribution in [0.1, 0.15) is 5.56 Å². The van der Waals surface area contributed by atoms with Gasteiger partial charge in [0.15, 0.2) is 0 Å². The maximum atomic E-state index is 10.8. The van der Waals surface area contributed by atoms with E-state index in [1.807, 2.05) is 19.1 Å². The van der Waals surface area contributed by atoms with Crippen LogP contribution in [0.25, 0.3) is 0 Å². The second-order valence-corrected chi connectivity index (χ2v) is 3.00. The van der Waals surface area contributed by atoms with Gasteiger partial charge < -0.3 is 15.8 Å². The SMILES string of the molecule is COC(=O)CNc1ccc(N)c(C)c1. The summed E-state index contributed by atoms with van der Waals surface area (Å²) >= 11 is 0. The van der Waals surface area contributed by atoms with E-state index < -0.39 is 0 Å². The Morgan fingerprint density at radius 2 is 2.29 bits per heavy atom. The van der Waals surface area contributed by atoms with Gasteiger partial charge in [-0.2, -0.15) is 0 Å². The first kappa shape index (κ1) is 10.4. The highest BCUT2D eigenvalue weighted by molar-refractivity contribution is 5.75. The lowest BCUT2D eigenvalue weighted by atomic mass is 10.2. The summed E-state index contributed by atoms with van der Waals surface area (Å²) in [6.07, 6.45) is 0. The summed E-state index contributed by atoms with van der Waals surface area (Å²) in [5.41, 5.74) is 8.24. The fourth-order valence-corrected chi connectivity index (χ4v) is 1.03.